The maximum absolute atomic E-state index is 14.0. The molecule has 0 spiro atoms. The van der Waals surface area contributed by atoms with Crippen molar-refractivity contribution in [2.75, 3.05) is 6.54 Å². The van der Waals surface area contributed by atoms with E-state index in [1.165, 1.54) is 6.07 Å². The summed E-state index contributed by atoms with van der Waals surface area (Å²) in [5.74, 6) is -0.790. The standard InChI is InChI=1S/C15H17FN2O2S.ClH/c1-10-18-13(9-21-10)5-4-12-3-2-11(6-14(12)16)8-20-15(19)7-17;/h2-3,6,9H,4-5,7-8,17H2,1H3;1H. The molecule has 0 aliphatic heterocycles. The Labute approximate surface area is 138 Å². The molecule has 1 heterocycles. The zero-order valence-electron chi connectivity index (χ0n) is 12.2. The predicted octanol–water partition coefficient (Wildman–Crippen LogP) is 2.80. The van der Waals surface area contributed by atoms with Crippen LogP contribution in [0.2, 0.25) is 0 Å². The van der Waals surface area contributed by atoms with Gasteiger partial charge in [-0.25, -0.2) is 9.37 Å². The molecular weight excluding hydrogens is 327 g/mol. The lowest BCUT2D eigenvalue weighted by molar-refractivity contribution is -0.143. The number of carbonyl (C=O) groups excluding carboxylic acids is 1. The van der Waals surface area contributed by atoms with Gasteiger partial charge in [0.2, 0.25) is 0 Å². The highest BCUT2D eigenvalue weighted by Crippen LogP contribution is 2.15. The third-order valence-electron chi connectivity index (χ3n) is 3.00. The molecule has 7 heteroatoms. The third-order valence-corrected chi connectivity index (χ3v) is 3.82. The highest BCUT2D eigenvalue weighted by Gasteiger charge is 2.07. The van der Waals surface area contributed by atoms with Crippen LogP contribution in [0, 0.1) is 12.7 Å². The number of halogens is 2. The topological polar surface area (TPSA) is 65.2 Å². The fraction of sp³-hybridized carbons (Fsp3) is 0.333. The Morgan fingerprint density at radius 3 is 2.77 bits per heavy atom. The van der Waals surface area contributed by atoms with E-state index in [-0.39, 0.29) is 31.4 Å². The lowest BCUT2D eigenvalue weighted by Gasteiger charge is -2.06. The number of hydrogen-bond donors (Lipinski definition) is 1. The first-order chi connectivity index (χ1) is 10.1. The van der Waals surface area contributed by atoms with Crippen LogP contribution in [0.15, 0.2) is 23.6 Å². The Morgan fingerprint density at radius 2 is 2.18 bits per heavy atom. The second-order valence-electron chi connectivity index (χ2n) is 4.65. The molecule has 2 rings (SSSR count). The van der Waals surface area contributed by atoms with Crippen molar-refractivity contribution in [3.8, 4) is 0 Å². The summed E-state index contributed by atoms with van der Waals surface area (Å²) in [5, 5.41) is 3.01. The van der Waals surface area contributed by atoms with E-state index in [4.69, 9.17) is 10.5 Å². The number of ether oxygens (including phenoxy) is 1. The van der Waals surface area contributed by atoms with Gasteiger partial charge >= 0.3 is 5.97 Å². The molecule has 0 radical (unpaired) electrons. The fourth-order valence-corrected chi connectivity index (χ4v) is 2.54. The molecule has 1 aromatic carbocycles. The van der Waals surface area contributed by atoms with Crippen molar-refractivity contribution in [1.82, 2.24) is 4.98 Å². The first kappa shape index (κ1) is 18.5. The normalized spacial score (nSPS) is 10.1. The molecule has 2 aromatic rings. The van der Waals surface area contributed by atoms with E-state index in [2.05, 4.69) is 4.98 Å². The molecule has 1 aromatic heterocycles. The highest BCUT2D eigenvalue weighted by atomic mass is 35.5. The molecule has 0 bridgehead atoms. The minimum atomic E-state index is -0.501. The molecule has 0 aliphatic rings. The van der Waals surface area contributed by atoms with Crippen LogP contribution in [0.4, 0.5) is 4.39 Å². The van der Waals surface area contributed by atoms with Gasteiger partial charge in [-0.15, -0.1) is 23.7 Å². The summed E-state index contributed by atoms with van der Waals surface area (Å²) in [6.07, 6.45) is 1.31. The Morgan fingerprint density at radius 1 is 1.41 bits per heavy atom. The van der Waals surface area contributed by atoms with Gasteiger partial charge in [-0.05, 0) is 37.0 Å². The number of hydrogen-bond acceptors (Lipinski definition) is 5. The second kappa shape index (κ2) is 8.82. The molecule has 0 aliphatic carbocycles. The number of nitrogens with zero attached hydrogens (tertiary/aromatic N) is 1. The lowest BCUT2D eigenvalue weighted by Crippen LogP contribution is -2.16. The smallest absolute Gasteiger partial charge is 0.320 e. The van der Waals surface area contributed by atoms with Crippen LogP contribution in [0.3, 0.4) is 0 Å². The number of carbonyl (C=O) groups is 1. The molecular formula is C15H18ClFN2O2S. The largest absolute Gasteiger partial charge is 0.460 e. The van der Waals surface area contributed by atoms with Crippen LogP contribution in [0.5, 0.6) is 0 Å². The van der Waals surface area contributed by atoms with Crippen LogP contribution >= 0.6 is 23.7 Å². The molecule has 0 saturated carbocycles. The zero-order valence-corrected chi connectivity index (χ0v) is 13.8. The van der Waals surface area contributed by atoms with E-state index >= 15 is 0 Å². The minimum absolute atomic E-state index is 0. The summed E-state index contributed by atoms with van der Waals surface area (Å²) in [7, 11) is 0. The van der Waals surface area contributed by atoms with Gasteiger partial charge in [-0.3, -0.25) is 4.79 Å². The van der Waals surface area contributed by atoms with Crippen LogP contribution in [0.1, 0.15) is 21.8 Å². The summed E-state index contributed by atoms with van der Waals surface area (Å²) < 4.78 is 18.8. The number of aryl methyl sites for hydroxylation is 3. The molecule has 0 unspecified atom stereocenters. The average molecular weight is 345 g/mol. The number of thiazole rings is 1. The molecule has 22 heavy (non-hydrogen) atoms. The second-order valence-corrected chi connectivity index (χ2v) is 5.71. The minimum Gasteiger partial charge on any atom is -0.460 e. The molecule has 0 fully saturated rings. The quantitative estimate of drug-likeness (QED) is 0.818. The van der Waals surface area contributed by atoms with Gasteiger partial charge in [0.25, 0.3) is 0 Å². The zero-order chi connectivity index (χ0) is 15.2. The van der Waals surface area contributed by atoms with Gasteiger partial charge in [0.15, 0.2) is 0 Å². The van der Waals surface area contributed by atoms with Gasteiger partial charge in [0.05, 0.1) is 17.2 Å². The fourth-order valence-electron chi connectivity index (χ4n) is 1.89. The maximum Gasteiger partial charge on any atom is 0.320 e. The number of nitrogens with two attached hydrogens (primary N) is 1. The van der Waals surface area contributed by atoms with Crippen LogP contribution < -0.4 is 5.73 Å². The van der Waals surface area contributed by atoms with Crippen LogP contribution in [0.25, 0.3) is 0 Å². The number of esters is 1. The van der Waals surface area contributed by atoms with Crippen molar-refractivity contribution in [3.63, 3.8) is 0 Å². The van der Waals surface area contributed by atoms with Crippen molar-refractivity contribution >= 4 is 29.7 Å². The van der Waals surface area contributed by atoms with Crippen LogP contribution in [-0.2, 0) is 29.0 Å². The van der Waals surface area contributed by atoms with Crippen LogP contribution in [-0.4, -0.2) is 17.5 Å². The maximum atomic E-state index is 14.0. The Balaban J connectivity index is 0.00000242. The van der Waals surface area contributed by atoms with E-state index < -0.39 is 5.97 Å². The Hall–Kier alpha value is -1.50. The lowest BCUT2D eigenvalue weighted by atomic mass is 10.1. The summed E-state index contributed by atoms with van der Waals surface area (Å²) in [4.78, 5) is 15.3. The van der Waals surface area contributed by atoms with E-state index in [9.17, 15) is 9.18 Å². The average Bonchev–Trinajstić information content (AvgIpc) is 2.89. The number of aromatic nitrogens is 1. The highest BCUT2D eigenvalue weighted by molar-refractivity contribution is 7.09. The first-order valence-electron chi connectivity index (χ1n) is 6.62. The van der Waals surface area contributed by atoms with Gasteiger partial charge in [-0.1, -0.05) is 12.1 Å². The molecule has 2 N–H and O–H groups in total. The van der Waals surface area contributed by atoms with E-state index in [1.54, 1.807) is 23.5 Å². The van der Waals surface area contributed by atoms with Crippen molar-refractivity contribution in [1.29, 1.82) is 0 Å². The van der Waals surface area contributed by atoms with Gasteiger partial charge < -0.3 is 10.5 Å². The third kappa shape index (κ3) is 5.36. The predicted molar refractivity (Wildman–Crippen MR) is 86.8 cm³/mol. The summed E-state index contributed by atoms with van der Waals surface area (Å²) in [6, 6.07) is 4.88. The molecule has 120 valence electrons. The Kier molecular flexibility index (Phi) is 7.44. The summed E-state index contributed by atoms with van der Waals surface area (Å²) >= 11 is 1.59. The van der Waals surface area contributed by atoms with E-state index in [0.29, 0.717) is 24.0 Å². The van der Waals surface area contributed by atoms with Crippen molar-refractivity contribution in [3.05, 3.63) is 51.2 Å². The summed E-state index contributed by atoms with van der Waals surface area (Å²) in [5.41, 5.74) is 7.36. The first-order valence-corrected chi connectivity index (χ1v) is 7.50. The monoisotopic (exact) mass is 344 g/mol. The Bertz CT molecular complexity index is 634. The van der Waals surface area contributed by atoms with Gasteiger partial charge in [0.1, 0.15) is 12.4 Å². The number of benzene rings is 1. The van der Waals surface area contributed by atoms with Gasteiger partial charge in [0, 0.05) is 5.38 Å². The van der Waals surface area contributed by atoms with Crippen molar-refractivity contribution in [2.45, 2.75) is 26.4 Å². The molecule has 0 saturated heterocycles. The molecule has 0 amide bonds. The molecule has 0 atom stereocenters. The van der Waals surface area contributed by atoms with Crippen molar-refractivity contribution < 1.29 is 13.9 Å². The summed E-state index contributed by atoms with van der Waals surface area (Å²) in [6.45, 7) is 1.82. The SMILES string of the molecule is Cc1nc(CCc2ccc(COC(=O)CN)cc2F)cs1.Cl. The van der Waals surface area contributed by atoms with E-state index in [0.717, 1.165) is 10.7 Å². The van der Waals surface area contributed by atoms with Gasteiger partial charge in [-0.2, -0.15) is 0 Å². The van der Waals surface area contributed by atoms with E-state index in [1.807, 2.05) is 12.3 Å². The van der Waals surface area contributed by atoms with Crippen molar-refractivity contribution in [2.24, 2.45) is 5.73 Å². The molecule has 4 nitrogen and oxygen atoms in total. The number of rotatable bonds is 6.